The summed E-state index contributed by atoms with van der Waals surface area (Å²) in [7, 11) is 1.28. The molecule has 0 aliphatic carbocycles. The number of hydrogen-bond acceptors (Lipinski definition) is 8. The van der Waals surface area contributed by atoms with Crippen molar-refractivity contribution < 1.29 is 19.1 Å². The van der Waals surface area contributed by atoms with Gasteiger partial charge in [-0.05, 0) is 44.5 Å². The van der Waals surface area contributed by atoms with Gasteiger partial charge in [0.1, 0.15) is 16.9 Å². The van der Waals surface area contributed by atoms with Crippen molar-refractivity contribution in [1.82, 2.24) is 9.97 Å². The van der Waals surface area contributed by atoms with Gasteiger partial charge in [-0.15, -0.1) is 0 Å². The summed E-state index contributed by atoms with van der Waals surface area (Å²) in [6, 6.07) is 12.2. The standard InChI is InChI=1S/C24H23N5O4S/c1-12-18(24(32)33-4)13(2)27-19(12)20(30)14(3)34-23-15(11-25)10-17(21(26)29-23)22(31)28-16-8-6-5-7-9-16/h5-10,14,27H,1-4H3,(H2,26,29)(H,28,31). The third kappa shape index (κ3) is 4.94. The zero-order valence-corrected chi connectivity index (χ0v) is 19.9. The number of ether oxygens (including phenoxy) is 1. The number of thioether (sulfide) groups is 1. The number of nitrogens with zero attached hydrogens (tertiary/aromatic N) is 2. The molecule has 0 saturated heterocycles. The Morgan fingerprint density at radius 2 is 1.91 bits per heavy atom. The molecule has 9 nitrogen and oxygen atoms in total. The van der Waals surface area contributed by atoms with Gasteiger partial charge in [-0.1, -0.05) is 30.0 Å². The maximum absolute atomic E-state index is 13.1. The second-order valence-corrected chi connectivity index (χ2v) is 8.78. The van der Waals surface area contributed by atoms with Gasteiger partial charge in [-0.25, -0.2) is 9.78 Å². The first-order valence-corrected chi connectivity index (χ1v) is 11.1. The monoisotopic (exact) mass is 477 g/mol. The molecule has 0 radical (unpaired) electrons. The number of rotatable bonds is 7. The Morgan fingerprint density at radius 1 is 1.24 bits per heavy atom. The number of aryl methyl sites for hydroxylation is 1. The summed E-state index contributed by atoms with van der Waals surface area (Å²) in [4.78, 5) is 44.9. The van der Waals surface area contributed by atoms with Crippen LogP contribution in [0, 0.1) is 25.2 Å². The minimum Gasteiger partial charge on any atom is -0.465 e. The molecule has 1 unspecified atom stereocenters. The molecular weight excluding hydrogens is 454 g/mol. The highest BCUT2D eigenvalue weighted by atomic mass is 32.2. The Hall–Kier alpha value is -4.10. The Balaban J connectivity index is 1.85. The predicted octanol–water partition coefficient (Wildman–Crippen LogP) is 3.88. The maximum Gasteiger partial charge on any atom is 0.339 e. The molecule has 3 rings (SSSR count). The lowest BCUT2D eigenvalue weighted by Gasteiger charge is -2.13. The fraction of sp³-hybridized carbons (Fsp3) is 0.208. The van der Waals surface area contributed by atoms with Gasteiger partial charge in [-0.3, -0.25) is 9.59 Å². The normalized spacial score (nSPS) is 11.4. The molecule has 0 aliphatic rings. The number of Topliss-reactive ketones (excluding diaryl/α,β-unsaturated/α-hetero) is 1. The summed E-state index contributed by atoms with van der Waals surface area (Å²) in [5.41, 5.74) is 8.38. The number of nitrogens with two attached hydrogens (primary N) is 1. The molecule has 10 heteroatoms. The molecule has 34 heavy (non-hydrogen) atoms. The smallest absolute Gasteiger partial charge is 0.339 e. The molecule has 1 amide bonds. The lowest BCUT2D eigenvalue weighted by molar-refractivity contribution is 0.0599. The molecule has 0 saturated carbocycles. The van der Waals surface area contributed by atoms with E-state index in [1.807, 2.05) is 12.1 Å². The van der Waals surface area contributed by atoms with E-state index >= 15 is 0 Å². The first-order chi connectivity index (χ1) is 16.2. The number of methoxy groups -OCH3 is 1. The number of esters is 1. The van der Waals surface area contributed by atoms with Crippen LogP contribution in [0.5, 0.6) is 0 Å². The molecule has 3 aromatic rings. The van der Waals surface area contributed by atoms with E-state index in [2.05, 4.69) is 15.3 Å². The number of nitrogens with one attached hydrogen (secondary N) is 2. The number of carbonyl (C=O) groups is 3. The van der Waals surface area contributed by atoms with Gasteiger partial charge in [0.05, 0.1) is 34.7 Å². The van der Waals surface area contributed by atoms with E-state index in [4.69, 9.17) is 10.5 Å². The average molecular weight is 478 g/mol. The largest absolute Gasteiger partial charge is 0.465 e. The van der Waals surface area contributed by atoms with Crippen molar-refractivity contribution in [2.75, 3.05) is 18.2 Å². The van der Waals surface area contributed by atoms with E-state index in [0.29, 0.717) is 22.5 Å². The van der Waals surface area contributed by atoms with Crippen molar-refractivity contribution in [3.63, 3.8) is 0 Å². The van der Waals surface area contributed by atoms with Gasteiger partial charge < -0.3 is 20.8 Å². The van der Waals surface area contributed by atoms with Crippen LogP contribution in [0.2, 0.25) is 0 Å². The van der Waals surface area contributed by atoms with Crippen LogP contribution in [0.15, 0.2) is 41.4 Å². The molecule has 0 aliphatic heterocycles. The van der Waals surface area contributed by atoms with Crippen LogP contribution < -0.4 is 11.1 Å². The molecule has 2 aromatic heterocycles. The second-order valence-electron chi connectivity index (χ2n) is 7.45. The van der Waals surface area contributed by atoms with Crippen molar-refractivity contribution >= 4 is 40.9 Å². The van der Waals surface area contributed by atoms with E-state index in [-0.39, 0.29) is 33.4 Å². The number of H-pyrrole nitrogens is 1. The number of para-hydroxylation sites is 1. The van der Waals surface area contributed by atoms with Crippen LogP contribution in [-0.4, -0.2) is 40.0 Å². The highest BCUT2D eigenvalue weighted by Crippen LogP contribution is 2.31. The van der Waals surface area contributed by atoms with Gasteiger partial charge in [0.15, 0.2) is 5.78 Å². The molecule has 0 bridgehead atoms. The Kier molecular flexibility index (Phi) is 7.38. The lowest BCUT2D eigenvalue weighted by atomic mass is 10.1. The summed E-state index contributed by atoms with van der Waals surface area (Å²) < 4.78 is 4.79. The molecular formula is C24H23N5O4S. The third-order valence-corrected chi connectivity index (χ3v) is 6.25. The number of nitrogen functional groups attached to an aromatic ring is 1. The Morgan fingerprint density at radius 3 is 2.53 bits per heavy atom. The number of anilines is 2. The summed E-state index contributed by atoms with van der Waals surface area (Å²) in [5.74, 6) is -1.37. The van der Waals surface area contributed by atoms with Crippen molar-refractivity contribution in [1.29, 1.82) is 5.26 Å². The molecule has 174 valence electrons. The number of nitriles is 1. The SMILES string of the molecule is COC(=O)c1c(C)[nH]c(C(=O)C(C)Sc2nc(N)c(C(=O)Nc3ccccc3)cc2C#N)c1C. The second kappa shape index (κ2) is 10.2. The Bertz CT molecular complexity index is 1310. The van der Waals surface area contributed by atoms with Gasteiger partial charge in [0.2, 0.25) is 0 Å². The summed E-state index contributed by atoms with van der Waals surface area (Å²) in [6.07, 6.45) is 0. The molecule has 1 atom stereocenters. The van der Waals surface area contributed by atoms with Crippen molar-refractivity contribution in [3.8, 4) is 6.07 Å². The van der Waals surface area contributed by atoms with Gasteiger partial charge in [-0.2, -0.15) is 5.26 Å². The molecule has 4 N–H and O–H groups in total. The van der Waals surface area contributed by atoms with Crippen molar-refractivity contribution in [2.24, 2.45) is 0 Å². The van der Waals surface area contributed by atoms with E-state index < -0.39 is 17.1 Å². The number of carbonyl (C=O) groups excluding carboxylic acids is 3. The highest BCUT2D eigenvalue weighted by Gasteiger charge is 2.27. The summed E-state index contributed by atoms with van der Waals surface area (Å²) in [6.45, 7) is 5.01. The number of aromatic amines is 1. The van der Waals surface area contributed by atoms with Crippen molar-refractivity contribution in [2.45, 2.75) is 31.0 Å². The molecule has 1 aromatic carbocycles. The van der Waals surface area contributed by atoms with Crippen LogP contribution >= 0.6 is 11.8 Å². The average Bonchev–Trinajstić information content (AvgIpc) is 3.12. The number of aromatic nitrogens is 2. The first-order valence-electron chi connectivity index (χ1n) is 10.2. The quantitative estimate of drug-likeness (QED) is 0.263. The fourth-order valence-electron chi connectivity index (χ4n) is 3.41. The number of hydrogen-bond donors (Lipinski definition) is 3. The first kappa shape index (κ1) is 24.5. The summed E-state index contributed by atoms with van der Waals surface area (Å²) >= 11 is 1.04. The van der Waals surface area contributed by atoms with Crippen LogP contribution in [0.1, 0.15) is 54.9 Å². The van der Waals surface area contributed by atoms with Crippen molar-refractivity contribution in [3.05, 3.63) is 70.0 Å². The third-order valence-electron chi connectivity index (χ3n) is 5.14. The molecule has 0 fully saturated rings. The van der Waals surface area contributed by atoms with Gasteiger partial charge in [0.25, 0.3) is 5.91 Å². The minimum atomic E-state index is -0.662. The number of pyridine rings is 1. The van der Waals surface area contributed by atoms with Gasteiger partial charge in [0, 0.05) is 11.4 Å². The van der Waals surface area contributed by atoms with E-state index in [1.54, 1.807) is 45.0 Å². The highest BCUT2D eigenvalue weighted by molar-refractivity contribution is 8.00. The van der Waals surface area contributed by atoms with Crippen LogP contribution in [0.4, 0.5) is 11.5 Å². The number of ketones is 1. The van der Waals surface area contributed by atoms with Crippen LogP contribution in [-0.2, 0) is 4.74 Å². The van der Waals surface area contributed by atoms with E-state index in [1.165, 1.54) is 13.2 Å². The topological polar surface area (TPSA) is 151 Å². The van der Waals surface area contributed by atoms with Crippen LogP contribution in [0.25, 0.3) is 0 Å². The lowest BCUT2D eigenvalue weighted by Crippen LogP contribution is -2.18. The molecule has 2 heterocycles. The van der Waals surface area contributed by atoms with E-state index in [0.717, 1.165) is 11.8 Å². The zero-order chi connectivity index (χ0) is 25.0. The van der Waals surface area contributed by atoms with Crippen LogP contribution in [0.3, 0.4) is 0 Å². The maximum atomic E-state index is 13.1. The predicted molar refractivity (Wildman–Crippen MR) is 129 cm³/mol. The number of benzene rings is 1. The fourth-order valence-corrected chi connectivity index (χ4v) is 4.35. The molecule has 0 spiro atoms. The summed E-state index contributed by atoms with van der Waals surface area (Å²) in [5, 5.41) is 11.9. The Labute approximate surface area is 200 Å². The van der Waals surface area contributed by atoms with Gasteiger partial charge >= 0.3 is 5.97 Å². The zero-order valence-electron chi connectivity index (χ0n) is 19.1. The minimum absolute atomic E-state index is 0.0577. The number of amides is 1. The van der Waals surface area contributed by atoms with E-state index in [9.17, 15) is 19.6 Å².